The Morgan fingerprint density at radius 2 is 1.81 bits per heavy atom. The zero-order valence-corrected chi connectivity index (χ0v) is 20.3. The smallest absolute Gasteiger partial charge is 0.242 e. The number of carbonyl (C=O) groups is 2. The summed E-state index contributed by atoms with van der Waals surface area (Å²) in [6.07, 6.45) is 4.15. The molecule has 0 aliphatic heterocycles. The molecule has 2 amide bonds. The maximum absolute atomic E-state index is 14.0. The maximum Gasteiger partial charge on any atom is 0.242 e. The Balaban J connectivity index is 1.69. The number of thioether (sulfide) groups is 1. The molecule has 0 radical (unpaired) electrons. The van der Waals surface area contributed by atoms with Crippen molar-refractivity contribution in [1.82, 2.24) is 10.2 Å². The molecule has 1 fully saturated rings. The average molecular weight is 497 g/mol. The van der Waals surface area contributed by atoms with Gasteiger partial charge in [0.2, 0.25) is 11.8 Å². The molecule has 1 N–H and O–H groups in total. The summed E-state index contributed by atoms with van der Waals surface area (Å²) in [5.41, 5.74) is 1.14. The van der Waals surface area contributed by atoms with Gasteiger partial charge in [-0.1, -0.05) is 60.3 Å². The number of benzene rings is 2. The number of nitrogens with zero attached hydrogens (tertiary/aromatic N) is 1. The van der Waals surface area contributed by atoms with Crippen LogP contribution in [0, 0.1) is 5.82 Å². The molecule has 0 heterocycles. The van der Waals surface area contributed by atoms with Crippen molar-refractivity contribution in [3.63, 3.8) is 0 Å². The zero-order chi connectivity index (χ0) is 23.1. The summed E-state index contributed by atoms with van der Waals surface area (Å²) in [6, 6.07) is 11.3. The Morgan fingerprint density at radius 3 is 2.50 bits per heavy atom. The van der Waals surface area contributed by atoms with E-state index in [4.69, 9.17) is 23.2 Å². The molecule has 4 nitrogen and oxygen atoms in total. The minimum atomic E-state index is -0.656. The summed E-state index contributed by atoms with van der Waals surface area (Å²) in [5, 5.41) is 3.95. The van der Waals surface area contributed by atoms with E-state index in [-0.39, 0.29) is 35.9 Å². The second kappa shape index (κ2) is 11.9. The van der Waals surface area contributed by atoms with Gasteiger partial charge in [-0.15, -0.1) is 11.8 Å². The van der Waals surface area contributed by atoms with Crippen molar-refractivity contribution in [3.05, 3.63) is 69.5 Å². The lowest BCUT2D eigenvalue weighted by Crippen LogP contribution is -2.50. The molecule has 1 saturated carbocycles. The lowest BCUT2D eigenvalue weighted by atomic mass is 10.1. The van der Waals surface area contributed by atoms with Gasteiger partial charge in [-0.05, 0) is 43.5 Å². The van der Waals surface area contributed by atoms with Crippen molar-refractivity contribution in [2.24, 2.45) is 0 Å². The summed E-state index contributed by atoms with van der Waals surface area (Å²) in [7, 11) is 0. The predicted octanol–water partition coefficient (Wildman–Crippen LogP) is 5.84. The number of rotatable bonds is 9. The van der Waals surface area contributed by atoms with Crippen LogP contribution in [0.3, 0.4) is 0 Å². The molecular weight excluding hydrogens is 470 g/mol. The number of nitrogens with one attached hydrogen (secondary N) is 1. The lowest BCUT2D eigenvalue weighted by molar-refractivity contribution is -0.138. The van der Waals surface area contributed by atoms with E-state index in [1.807, 2.05) is 18.2 Å². The van der Waals surface area contributed by atoms with Crippen LogP contribution in [0.1, 0.15) is 43.7 Å². The van der Waals surface area contributed by atoms with E-state index in [1.54, 1.807) is 30.0 Å². The highest BCUT2D eigenvalue weighted by molar-refractivity contribution is 7.99. The predicted molar refractivity (Wildman–Crippen MR) is 129 cm³/mol. The Labute approximate surface area is 202 Å². The van der Waals surface area contributed by atoms with Gasteiger partial charge in [0.1, 0.15) is 11.9 Å². The van der Waals surface area contributed by atoms with E-state index >= 15 is 0 Å². The minimum Gasteiger partial charge on any atom is -0.352 e. The molecule has 32 heavy (non-hydrogen) atoms. The van der Waals surface area contributed by atoms with Crippen LogP contribution >= 0.6 is 35.0 Å². The highest BCUT2D eigenvalue weighted by Gasteiger charge is 2.28. The lowest BCUT2D eigenvalue weighted by Gasteiger charge is -2.30. The van der Waals surface area contributed by atoms with Gasteiger partial charge in [0.25, 0.3) is 0 Å². The van der Waals surface area contributed by atoms with E-state index in [0.29, 0.717) is 15.6 Å². The third kappa shape index (κ3) is 6.63. The Morgan fingerprint density at radius 1 is 1.12 bits per heavy atom. The minimum absolute atomic E-state index is 0.0934. The number of carbonyl (C=O) groups excluding carboxylic acids is 2. The molecule has 1 aliphatic rings. The van der Waals surface area contributed by atoms with Gasteiger partial charge in [-0.3, -0.25) is 9.59 Å². The van der Waals surface area contributed by atoms with Gasteiger partial charge in [0, 0.05) is 33.9 Å². The van der Waals surface area contributed by atoms with E-state index in [1.165, 1.54) is 17.8 Å². The molecule has 1 aliphatic carbocycles. The molecule has 1 atom stereocenters. The average Bonchev–Trinajstić information content (AvgIpc) is 3.27. The second-order valence-electron chi connectivity index (χ2n) is 7.97. The van der Waals surface area contributed by atoms with Gasteiger partial charge in [-0.25, -0.2) is 4.39 Å². The number of halogens is 3. The molecule has 172 valence electrons. The van der Waals surface area contributed by atoms with Crippen molar-refractivity contribution in [1.29, 1.82) is 0 Å². The topological polar surface area (TPSA) is 49.4 Å². The van der Waals surface area contributed by atoms with Gasteiger partial charge >= 0.3 is 0 Å². The number of hydrogen-bond donors (Lipinski definition) is 1. The first-order valence-electron chi connectivity index (χ1n) is 10.7. The van der Waals surface area contributed by atoms with Crippen LogP contribution in [0.2, 0.25) is 10.0 Å². The normalized spacial score (nSPS) is 14.9. The third-order valence-corrected chi connectivity index (χ3v) is 7.37. The summed E-state index contributed by atoms with van der Waals surface area (Å²) in [6.45, 7) is 1.95. The molecule has 1 unspecified atom stereocenters. The van der Waals surface area contributed by atoms with Crippen molar-refractivity contribution in [3.8, 4) is 0 Å². The van der Waals surface area contributed by atoms with E-state index in [2.05, 4.69) is 5.32 Å². The van der Waals surface area contributed by atoms with Crippen LogP contribution < -0.4 is 5.32 Å². The van der Waals surface area contributed by atoms with Crippen LogP contribution in [0.25, 0.3) is 0 Å². The maximum atomic E-state index is 14.0. The first-order chi connectivity index (χ1) is 15.4. The highest BCUT2D eigenvalue weighted by Crippen LogP contribution is 2.25. The van der Waals surface area contributed by atoms with E-state index in [0.717, 1.165) is 31.2 Å². The molecule has 0 aromatic heterocycles. The van der Waals surface area contributed by atoms with Crippen LogP contribution in [0.15, 0.2) is 42.5 Å². The SMILES string of the molecule is CC(C(=O)NC1CCCC1)N(Cc1ccccc1Cl)C(=O)CSCc1c(F)cccc1Cl. The molecule has 2 aromatic carbocycles. The molecule has 8 heteroatoms. The molecular formula is C24H27Cl2FN2O2S. The fraction of sp³-hybridized carbons (Fsp3) is 0.417. The highest BCUT2D eigenvalue weighted by atomic mass is 35.5. The summed E-state index contributed by atoms with van der Waals surface area (Å²) >= 11 is 13.7. The largest absolute Gasteiger partial charge is 0.352 e. The van der Waals surface area contributed by atoms with Crippen molar-refractivity contribution in [2.45, 2.75) is 57.0 Å². The standard InChI is InChI=1S/C24H27Cl2FN2O2S/c1-16(24(31)28-18-8-3-4-9-18)29(13-17-7-2-5-10-20(17)25)23(30)15-32-14-19-21(26)11-6-12-22(19)27/h2,5-7,10-12,16,18H,3-4,8-9,13-15H2,1H3,(H,28,31). The Hall–Kier alpha value is -1.76. The van der Waals surface area contributed by atoms with Gasteiger partial charge in [0.15, 0.2) is 0 Å². The second-order valence-corrected chi connectivity index (χ2v) is 9.77. The van der Waals surface area contributed by atoms with E-state index < -0.39 is 11.9 Å². The van der Waals surface area contributed by atoms with Crippen LogP contribution in [-0.4, -0.2) is 34.6 Å². The van der Waals surface area contributed by atoms with Crippen molar-refractivity contribution in [2.75, 3.05) is 5.75 Å². The van der Waals surface area contributed by atoms with Crippen molar-refractivity contribution < 1.29 is 14.0 Å². The fourth-order valence-electron chi connectivity index (χ4n) is 3.78. The molecule has 0 spiro atoms. The van der Waals surface area contributed by atoms with Gasteiger partial charge < -0.3 is 10.2 Å². The third-order valence-electron chi connectivity index (χ3n) is 5.70. The van der Waals surface area contributed by atoms with Crippen LogP contribution in [-0.2, 0) is 21.9 Å². The van der Waals surface area contributed by atoms with Crippen molar-refractivity contribution >= 4 is 46.8 Å². The Bertz CT molecular complexity index is 933. The van der Waals surface area contributed by atoms with Crippen LogP contribution in [0.5, 0.6) is 0 Å². The first kappa shape index (κ1) is 24.9. The monoisotopic (exact) mass is 496 g/mol. The van der Waals surface area contributed by atoms with Gasteiger partial charge in [0.05, 0.1) is 5.75 Å². The summed E-state index contributed by atoms with van der Waals surface area (Å²) < 4.78 is 14.0. The number of hydrogen-bond acceptors (Lipinski definition) is 3. The van der Waals surface area contributed by atoms with Gasteiger partial charge in [-0.2, -0.15) is 0 Å². The summed E-state index contributed by atoms with van der Waals surface area (Å²) in [4.78, 5) is 27.6. The molecule has 0 bridgehead atoms. The van der Waals surface area contributed by atoms with E-state index in [9.17, 15) is 14.0 Å². The quantitative estimate of drug-likeness (QED) is 0.474. The summed E-state index contributed by atoms with van der Waals surface area (Å²) in [5.74, 6) is -0.415. The Kier molecular flexibility index (Phi) is 9.26. The fourth-order valence-corrected chi connectivity index (χ4v) is 5.22. The molecule has 3 rings (SSSR count). The zero-order valence-electron chi connectivity index (χ0n) is 18.0. The molecule has 2 aromatic rings. The molecule has 0 saturated heterocycles. The first-order valence-corrected chi connectivity index (χ1v) is 12.6. The number of amides is 2. The van der Waals surface area contributed by atoms with Crippen LogP contribution in [0.4, 0.5) is 4.39 Å².